The maximum atomic E-state index is 12.5. The van der Waals surface area contributed by atoms with Gasteiger partial charge in [-0.25, -0.2) is 8.78 Å². The first-order valence-electron chi connectivity index (χ1n) is 9.60. The van der Waals surface area contributed by atoms with E-state index in [-0.39, 0.29) is 23.1 Å². The number of hydrogen-bond donors (Lipinski definition) is 3. The summed E-state index contributed by atoms with van der Waals surface area (Å²) < 4.78 is 26.2. The third-order valence-corrected chi connectivity index (χ3v) is 5.11. The standard InChI is InChI=1S/C18H20ClF2N9O/c1-2-13(31)29-5-3-4-10(7-29)23-16-14-15(19)27-28-17(14)26-18(25-16)24-11-6-22-30(8-11)9-12(20)21/h2,6,8,10,12H,1,3-5,7,9H2,(H3,23,24,25,26,27,28)/t10-/m1/s1. The minimum Gasteiger partial charge on any atom is -0.365 e. The summed E-state index contributed by atoms with van der Waals surface area (Å²) in [6.45, 7) is 4.20. The molecule has 10 nitrogen and oxygen atoms in total. The number of nitrogens with one attached hydrogen (secondary N) is 3. The van der Waals surface area contributed by atoms with Gasteiger partial charge >= 0.3 is 0 Å². The molecule has 1 atom stereocenters. The summed E-state index contributed by atoms with van der Waals surface area (Å²) in [5.41, 5.74) is 0.785. The molecule has 1 amide bonds. The average molecular weight is 452 g/mol. The predicted molar refractivity (Wildman–Crippen MR) is 112 cm³/mol. The van der Waals surface area contributed by atoms with E-state index in [0.717, 1.165) is 17.5 Å². The van der Waals surface area contributed by atoms with Crippen LogP contribution in [0.2, 0.25) is 5.15 Å². The van der Waals surface area contributed by atoms with Crippen LogP contribution in [0.3, 0.4) is 0 Å². The highest BCUT2D eigenvalue weighted by Gasteiger charge is 2.24. The molecule has 1 saturated heterocycles. The molecule has 164 valence electrons. The fraction of sp³-hybridized carbons (Fsp3) is 0.389. The molecule has 0 saturated carbocycles. The number of aromatic nitrogens is 6. The molecule has 13 heteroatoms. The molecular formula is C18H20ClF2N9O. The Labute approximate surface area is 180 Å². The van der Waals surface area contributed by atoms with E-state index in [0.29, 0.717) is 35.6 Å². The molecule has 31 heavy (non-hydrogen) atoms. The van der Waals surface area contributed by atoms with Gasteiger partial charge in [0, 0.05) is 25.3 Å². The summed E-state index contributed by atoms with van der Waals surface area (Å²) >= 11 is 6.24. The lowest BCUT2D eigenvalue weighted by Crippen LogP contribution is -2.44. The van der Waals surface area contributed by atoms with Gasteiger partial charge in [-0.1, -0.05) is 18.2 Å². The number of carbonyl (C=O) groups excluding carboxylic acids is 1. The molecule has 0 aromatic carbocycles. The molecule has 3 N–H and O–H groups in total. The number of alkyl halides is 2. The second-order valence-electron chi connectivity index (χ2n) is 7.07. The van der Waals surface area contributed by atoms with Crippen LogP contribution in [0.25, 0.3) is 11.0 Å². The van der Waals surface area contributed by atoms with E-state index in [1.54, 1.807) is 4.90 Å². The van der Waals surface area contributed by atoms with E-state index in [2.05, 4.69) is 42.5 Å². The first kappa shape index (κ1) is 21.0. The topological polar surface area (TPSA) is 117 Å². The zero-order valence-corrected chi connectivity index (χ0v) is 17.1. The molecule has 1 aliphatic heterocycles. The van der Waals surface area contributed by atoms with E-state index in [1.807, 2.05) is 0 Å². The van der Waals surface area contributed by atoms with E-state index in [4.69, 9.17) is 11.6 Å². The lowest BCUT2D eigenvalue weighted by molar-refractivity contribution is -0.127. The Morgan fingerprint density at radius 1 is 1.45 bits per heavy atom. The van der Waals surface area contributed by atoms with Crippen molar-refractivity contribution in [1.29, 1.82) is 0 Å². The average Bonchev–Trinajstić information content (AvgIpc) is 3.33. The van der Waals surface area contributed by atoms with Crippen molar-refractivity contribution in [2.75, 3.05) is 23.7 Å². The number of likely N-dealkylation sites (tertiary alicyclic amines) is 1. The Bertz CT molecular complexity index is 1100. The number of hydrogen-bond acceptors (Lipinski definition) is 7. The van der Waals surface area contributed by atoms with E-state index in [1.165, 1.54) is 18.5 Å². The number of amides is 1. The van der Waals surface area contributed by atoms with Crippen LogP contribution in [0.1, 0.15) is 12.8 Å². The number of H-pyrrole nitrogens is 1. The minimum atomic E-state index is -2.51. The van der Waals surface area contributed by atoms with Gasteiger partial charge in [0.2, 0.25) is 11.9 Å². The summed E-state index contributed by atoms with van der Waals surface area (Å²) in [6.07, 6.45) is 3.30. The number of nitrogens with zero attached hydrogens (tertiary/aromatic N) is 6. The van der Waals surface area contributed by atoms with Crippen molar-refractivity contribution < 1.29 is 13.6 Å². The highest BCUT2D eigenvalue weighted by atomic mass is 35.5. The number of aromatic amines is 1. The Hall–Kier alpha value is -3.28. The van der Waals surface area contributed by atoms with Crippen molar-refractivity contribution in [3.63, 3.8) is 0 Å². The van der Waals surface area contributed by atoms with E-state index >= 15 is 0 Å². The lowest BCUT2D eigenvalue weighted by atomic mass is 10.1. The zero-order valence-electron chi connectivity index (χ0n) is 16.4. The number of anilines is 3. The summed E-state index contributed by atoms with van der Waals surface area (Å²) in [4.78, 5) is 22.5. The molecule has 0 unspecified atom stereocenters. The van der Waals surface area contributed by atoms with Crippen molar-refractivity contribution in [1.82, 2.24) is 34.8 Å². The van der Waals surface area contributed by atoms with Crippen LogP contribution < -0.4 is 10.6 Å². The van der Waals surface area contributed by atoms with Gasteiger partial charge in [0.05, 0.1) is 11.9 Å². The third-order valence-electron chi connectivity index (χ3n) is 4.83. The minimum absolute atomic E-state index is 0.0524. The molecule has 4 heterocycles. The highest BCUT2D eigenvalue weighted by Crippen LogP contribution is 2.29. The monoisotopic (exact) mass is 451 g/mol. The highest BCUT2D eigenvalue weighted by molar-refractivity contribution is 6.35. The molecular weight excluding hydrogens is 432 g/mol. The normalized spacial score (nSPS) is 16.6. The summed E-state index contributed by atoms with van der Waals surface area (Å²) in [6, 6.07) is -0.0524. The van der Waals surface area contributed by atoms with Crippen LogP contribution in [0, 0.1) is 0 Å². The van der Waals surface area contributed by atoms with Crippen LogP contribution in [-0.2, 0) is 11.3 Å². The van der Waals surface area contributed by atoms with Crippen LogP contribution in [-0.4, -0.2) is 66.3 Å². The molecule has 0 spiro atoms. The van der Waals surface area contributed by atoms with Crippen molar-refractivity contribution in [3.8, 4) is 0 Å². The first-order chi connectivity index (χ1) is 14.9. The van der Waals surface area contributed by atoms with Crippen molar-refractivity contribution >= 4 is 46.0 Å². The van der Waals surface area contributed by atoms with Gasteiger partial charge in [0.25, 0.3) is 6.43 Å². The van der Waals surface area contributed by atoms with E-state index < -0.39 is 13.0 Å². The van der Waals surface area contributed by atoms with Crippen LogP contribution in [0.15, 0.2) is 25.0 Å². The van der Waals surface area contributed by atoms with E-state index in [9.17, 15) is 13.6 Å². The molecule has 3 aromatic heterocycles. The largest absolute Gasteiger partial charge is 0.365 e. The van der Waals surface area contributed by atoms with Crippen LogP contribution >= 0.6 is 11.6 Å². The molecule has 0 aliphatic carbocycles. The van der Waals surface area contributed by atoms with Gasteiger partial charge in [0.15, 0.2) is 5.65 Å². The fourth-order valence-electron chi connectivity index (χ4n) is 3.47. The Morgan fingerprint density at radius 3 is 3.06 bits per heavy atom. The van der Waals surface area contributed by atoms with Crippen LogP contribution in [0.5, 0.6) is 0 Å². The fourth-order valence-corrected chi connectivity index (χ4v) is 3.68. The molecule has 4 rings (SSSR count). The molecule has 1 aliphatic rings. The lowest BCUT2D eigenvalue weighted by Gasteiger charge is -2.32. The van der Waals surface area contributed by atoms with Crippen molar-refractivity contribution in [2.24, 2.45) is 0 Å². The quantitative estimate of drug-likeness (QED) is 0.473. The molecule has 3 aromatic rings. The number of rotatable bonds is 7. The van der Waals surface area contributed by atoms with Gasteiger partial charge in [-0.3, -0.25) is 14.6 Å². The second kappa shape index (κ2) is 8.84. The van der Waals surface area contributed by atoms with Crippen molar-refractivity contribution in [3.05, 3.63) is 30.2 Å². The first-order valence-corrected chi connectivity index (χ1v) is 9.98. The molecule has 1 fully saturated rings. The van der Waals surface area contributed by atoms with Gasteiger partial charge in [-0.2, -0.15) is 20.2 Å². The van der Waals surface area contributed by atoms with Crippen molar-refractivity contribution in [2.45, 2.75) is 31.9 Å². The third kappa shape index (κ3) is 4.74. The maximum Gasteiger partial charge on any atom is 0.257 e. The zero-order chi connectivity index (χ0) is 22.0. The van der Waals surface area contributed by atoms with Gasteiger partial charge in [-0.05, 0) is 18.9 Å². The summed E-state index contributed by atoms with van der Waals surface area (Å²) in [5, 5.41) is 17.7. The molecule has 0 bridgehead atoms. The van der Waals surface area contributed by atoms with Gasteiger partial charge in [-0.15, -0.1) is 0 Å². The SMILES string of the molecule is C=CC(=O)N1CCC[C@@H](Nc2nc(Nc3cnn(CC(F)F)c3)nc3n[nH]c(Cl)c23)C1. The Balaban J connectivity index is 1.57. The van der Waals surface area contributed by atoms with Gasteiger partial charge < -0.3 is 15.5 Å². The Morgan fingerprint density at radius 2 is 2.29 bits per heavy atom. The van der Waals surface area contributed by atoms with Gasteiger partial charge in [0.1, 0.15) is 22.9 Å². The predicted octanol–water partition coefficient (Wildman–Crippen LogP) is 2.80. The number of fused-ring (bicyclic) bond motifs is 1. The summed E-state index contributed by atoms with van der Waals surface area (Å²) in [7, 11) is 0. The Kier molecular flexibility index (Phi) is 5.98. The number of piperidine rings is 1. The van der Waals surface area contributed by atoms with Crippen LogP contribution in [0.4, 0.5) is 26.2 Å². The molecule has 0 radical (unpaired) electrons. The second-order valence-corrected chi connectivity index (χ2v) is 7.45. The maximum absolute atomic E-state index is 12.5. The number of halogens is 3. The smallest absolute Gasteiger partial charge is 0.257 e. The number of carbonyl (C=O) groups is 1. The summed E-state index contributed by atoms with van der Waals surface area (Å²) in [5.74, 6) is 0.526.